The molecule has 1 heterocycles. The fraction of sp³-hybridized carbons (Fsp3) is 0.333. The minimum absolute atomic E-state index is 0.00534. The van der Waals surface area contributed by atoms with Crippen LogP contribution in [0.5, 0.6) is 0 Å². The van der Waals surface area contributed by atoms with Crippen molar-refractivity contribution in [2.24, 2.45) is 0 Å². The first-order valence-corrected chi connectivity index (χ1v) is 6.86. The Kier molecular flexibility index (Phi) is 5.04. The first-order chi connectivity index (χ1) is 10.2. The molecule has 6 heteroatoms. The van der Waals surface area contributed by atoms with Crippen LogP contribution in [0.2, 0.25) is 0 Å². The van der Waals surface area contributed by atoms with Gasteiger partial charge in [-0.3, -0.25) is 9.89 Å². The molecule has 1 aromatic carbocycles. The minimum Gasteiger partial charge on any atom is -0.318 e. The van der Waals surface area contributed by atoms with Crippen molar-refractivity contribution in [2.45, 2.75) is 26.3 Å². The summed E-state index contributed by atoms with van der Waals surface area (Å²) in [5, 5.41) is 15.6. The fourth-order valence-corrected chi connectivity index (χ4v) is 1.97. The molecule has 0 aliphatic carbocycles. The van der Waals surface area contributed by atoms with Gasteiger partial charge in [-0.2, -0.15) is 5.26 Å². The molecule has 6 nitrogen and oxygen atoms in total. The maximum absolute atomic E-state index is 12.4. The molecule has 0 saturated carbocycles. The van der Waals surface area contributed by atoms with Gasteiger partial charge in [-0.25, -0.2) is 4.98 Å². The number of benzene rings is 1. The van der Waals surface area contributed by atoms with Gasteiger partial charge in [-0.1, -0.05) is 37.3 Å². The third kappa shape index (κ3) is 3.89. The highest BCUT2D eigenvalue weighted by atomic mass is 16.2. The first-order valence-electron chi connectivity index (χ1n) is 6.86. The van der Waals surface area contributed by atoms with Crippen LogP contribution in [0, 0.1) is 11.3 Å². The largest absolute Gasteiger partial charge is 0.318 e. The van der Waals surface area contributed by atoms with Crippen LogP contribution in [0.4, 0.5) is 0 Å². The van der Waals surface area contributed by atoms with Crippen LogP contribution < -0.4 is 0 Å². The molecule has 0 aliphatic rings. The minimum atomic E-state index is -0.334. The number of nitrogens with one attached hydrogen (secondary N) is 1. The van der Waals surface area contributed by atoms with Gasteiger partial charge < -0.3 is 4.90 Å². The van der Waals surface area contributed by atoms with E-state index in [2.05, 4.69) is 15.2 Å². The Balaban J connectivity index is 2.13. The smallest absolute Gasteiger partial charge is 0.294 e. The molecule has 0 aliphatic heterocycles. The predicted molar refractivity (Wildman–Crippen MR) is 77.2 cm³/mol. The van der Waals surface area contributed by atoms with Crippen LogP contribution in [0.3, 0.4) is 0 Å². The summed E-state index contributed by atoms with van der Waals surface area (Å²) < 4.78 is 0. The van der Waals surface area contributed by atoms with Crippen molar-refractivity contribution < 1.29 is 4.79 Å². The lowest BCUT2D eigenvalue weighted by Crippen LogP contribution is -2.31. The van der Waals surface area contributed by atoms with Crippen LogP contribution in [0.1, 0.15) is 35.4 Å². The second kappa shape index (κ2) is 7.20. The monoisotopic (exact) mass is 283 g/mol. The molecule has 0 atom stereocenters. The number of carbonyl (C=O) groups is 1. The third-order valence-corrected chi connectivity index (χ3v) is 2.97. The maximum atomic E-state index is 12.4. The number of aromatic amines is 1. The summed E-state index contributed by atoms with van der Waals surface area (Å²) in [5.74, 6) is 0.473. The summed E-state index contributed by atoms with van der Waals surface area (Å²) in [6, 6.07) is 11.5. The fourth-order valence-electron chi connectivity index (χ4n) is 1.97. The van der Waals surface area contributed by atoms with Crippen molar-refractivity contribution in [3.63, 3.8) is 0 Å². The molecule has 0 saturated heterocycles. The van der Waals surface area contributed by atoms with E-state index in [-0.39, 0.29) is 18.3 Å². The lowest BCUT2D eigenvalue weighted by molar-refractivity contribution is 0.0753. The van der Waals surface area contributed by atoms with E-state index in [9.17, 15) is 4.79 Å². The standard InChI is InChI=1S/C15H17N5O/c1-2-6-13-17-14(19-18-13)15(21)20(10-9-16)11-12-7-4-3-5-8-12/h3-5,7-8H,2,6,10-11H2,1H3,(H,17,18,19). The van der Waals surface area contributed by atoms with Crippen LogP contribution in [-0.2, 0) is 13.0 Å². The summed E-state index contributed by atoms with van der Waals surface area (Å²) in [5.41, 5.74) is 0.963. The van der Waals surface area contributed by atoms with E-state index in [1.807, 2.05) is 43.3 Å². The number of amides is 1. The van der Waals surface area contributed by atoms with Crippen molar-refractivity contribution in [2.75, 3.05) is 6.54 Å². The number of hydrogen-bond acceptors (Lipinski definition) is 4. The van der Waals surface area contributed by atoms with Gasteiger partial charge in [0, 0.05) is 13.0 Å². The molecule has 1 N–H and O–H groups in total. The number of aromatic nitrogens is 3. The van der Waals surface area contributed by atoms with E-state index < -0.39 is 0 Å². The molecule has 0 unspecified atom stereocenters. The number of rotatable bonds is 6. The number of hydrogen-bond donors (Lipinski definition) is 1. The number of aryl methyl sites for hydroxylation is 1. The van der Waals surface area contributed by atoms with Crippen molar-refractivity contribution in [1.82, 2.24) is 20.1 Å². The Bertz CT molecular complexity index is 629. The van der Waals surface area contributed by atoms with Crippen molar-refractivity contribution in [3.05, 3.63) is 47.5 Å². The van der Waals surface area contributed by atoms with E-state index in [0.29, 0.717) is 12.4 Å². The molecule has 0 radical (unpaired) electrons. The molecular weight excluding hydrogens is 266 g/mol. The summed E-state index contributed by atoms with van der Waals surface area (Å²) in [4.78, 5) is 18.0. The maximum Gasteiger partial charge on any atom is 0.294 e. The van der Waals surface area contributed by atoms with E-state index in [0.717, 1.165) is 18.4 Å². The Labute approximate surface area is 123 Å². The molecule has 2 aromatic rings. The van der Waals surface area contributed by atoms with Crippen molar-refractivity contribution >= 4 is 5.91 Å². The van der Waals surface area contributed by atoms with Gasteiger partial charge in [-0.05, 0) is 12.0 Å². The van der Waals surface area contributed by atoms with Gasteiger partial charge in [-0.15, -0.1) is 5.10 Å². The van der Waals surface area contributed by atoms with Gasteiger partial charge in [0.2, 0.25) is 5.82 Å². The molecule has 0 fully saturated rings. The zero-order valence-electron chi connectivity index (χ0n) is 11.9. The second-order valence-corrected chi connectivity index (χ2v) is 4.66. The van der Waals surface area contributed by atoms with Crippen molar-refractivity contribution in [1.29, 1.82) is 5.26 Å². The SMILES string of the molecule is CCCc1nc(C(=O)N(CC#N)Cc2ccccc2)n[nH]1. The lowest BCUT2D eigenvalue weighted by Gasteiger charge is -2.17. The molecule has 0 spiro atoms. The van der Waals surface area contributed by atoms with Crippen LogP contribution in [0.25, 0.3) is 0 Å². The van der Waals surface area contributed by atoms with Gasteiger partial charge in [0.25, 0.3) is 5.91 Å². The molecule has 0 bridgehead atoms. The Morgan fingerprint density at radius 1 is 1.38 bits per heavy atom. The van der Waals surface area contributed by atoms with E-state index >= 15 is 0 Å². The molecule has 2 rings (SSSR count). The van der Waals surface area contributed by atoms with Gasteiger partial charge in [0.1, 0.15) is 12.4 Å². The van der Waals surface area contributed by atoms with Crippen LogP contribution in [0.15, 0.2) is 30.3 Å². The van der Waals surface area contributed by atoms with Crippen LogP contribution >= 0.6 is 0 Å². The quantitative estimate of drug-likeness (QED) is 0.821. The average molecular weight is 283 g/mol. The normalized spacial score (nSPS) is 10.1. The van der Waals surface area contributed by atoms with E-state index in [4.69, 9.17) is 5.26 Å². The first kappa shape index (κ1) is 14.7. The summed E-state index contributed by atoms with van der Waals surface area (Å²) in [7, 11) is 0. The summed E-state index contributed by atoms with van der Waals surface area (Å²) in [6.45, 7) is 2.40. The second-order valence-electron chi connectivity index (χ2n) is 4.66. The molecule has 21 heavy (non-hydrogen) atoms. The molecule has 1 amide bonds. The number of nitriles is 1. The summed E-state index contributed by atoms with van der Waals surface area (Å²) >= 11 is 0. The topological polar surface area (TPSA) is 85.7 Å². The average Bonchev–Trinajstić information content (AvgIpc) is 2.96. The third-order valence-electron chi connectivity index (χ3n) is 2.97. The predicted octanol–water partition coefficient (Wildman–Crippen LogP) is 1.92. The highest BCUT2D eigenvalue weighted by Crippen LogP contribution is 2.08. The summed E-state index contributed by atoms with van der Waals surface area (Å²) in [6.07, 6.45) is 1.67. The zero-order valence-corrected chi connectivity index (χ0v) is 11.9. The Morgan fingerprint density at radius 2 is 2.14 bits per heavy atom. The number of nitrogens with zero attached hydrogens (tertiary/aromatic N) is 4. The Morgan fingerprint density at radius 3 is 2.81 bits per heavy atom. The molecular formula is C15H17N5O. The van der Waals surface area contributed by atoms with Gasteiger partial charge in [0.05, 0.1) is 6.07 Å². The molecule has 1 aromatic heterocycles. The van der Waals surface area contributed by atoms with Gasteiger partial charge in [0.15, 0.2) is 0 Å². The number of carbonyl (C=O) groups excluding carboxylic acids is 1. The molecule has 108 valence electrons. The Hall–Kier alpha value is -2.68. The van der Waals surface area contributed by atoms with E-state index in [1.165, 1.54) is 4.90 Å². The highest BCUT2D eigenvalue weighted by molar-refractivity contribution is 5.90. The van der Waals surface area contributed by atoms with Crippen molar-refractivity contribution in [3.8, 4) is 6.07 Å². The highest BCUT2D eigenvalue weighted by Gasteiger charge is 2.20. The zero-order chi connectivity index (χ0) is 15.1. The lowest BCUT2D eigenvalue weighted by atomic mass is 10.2. The number of H-pyrrole nitrogens is 1. The van der Waals surface area contributed by atoms with E-state index in [1.54, 1.807) is 0 Å². The van der Waals surface area contributed by atoms with Crippen LogP contribution in [-0.4, -0.2) is 32.5 Å². The van der Waals surface area contributed by atoms with Gasteiger partial charge >= 0.3 is 0 Å².